The number of hydrogen-bond donors (Lipinski definition) is 2. The van der Waals surface area contributed by atoms with E-state index in [1.165, 1.54) is 5.56 Å². The summed E-state index contributed by atoms with van der Waals surface area (Å²) in [5, 5.41) is 11.3. The van der Waals surface area contributed by atoms with E-state index in [4.69, 9.17) is 12.2 Å². The average Bonchev–Trinajstić information content (AvgIpc) is 2.92. The van der Waals surface area contributed by atoms with Crippen LogP contribution in [0.4, 0.5) is 5.69 Å². The molecule has 0 aliphatic heterocycles. The molecule has 2 aromatic rings. The minimum atomic E-state index is 0.676. The summed E-state index contributed by atoms with van der Waals surface area (Å²) in [5.41, 5.74) is 2.19. The summed E-state index contributed by atoms with van der Waals surface area (Å²) in [7, 11) is 0. The third kappa shape index (κ3) is 4.66. The van der Waals surface area contributed by atoms with E-state index in [0.29, 0.717) is 5.11 Å². The summed E-state index contributed by atoms with van der Waals surface area (Å²) in [6, 6.07) is 10.1. The van der Waals surface area contributed by atoms with E-state index in [2.05, 4.69) is 34.8 Å². The first-order valence-electron chi connectivity index (χ1n) is 6.89. The molecule has 0 aliphatic rings. The largest absolute Gasteiger partial charge is 0.362 e. The van der Waals surface area contributed by atoms with Crippen molar-refractivity contribution in [2.45, 2.75) is 26.3 Å². The zero-order chi connectivity index (χ0) is 14.2. The van der Waals surface area contributed by atoms with Gasteiger partial charge in [0.1, 0.15) is 0 Å². The number of rotatable bonds is 6. The number of benzene rings is 1. The van der Waals surface area contributed by atoms with Crippen LogP contribution in [-0.2, 0) is 6.54 Å². The average molecular weight is 288 g/mol. The van der Waals surface area contributed by atoms with Gasteiger partial charge >= 0.3 is 0 Å². The number of unbranched alkanes of at least 4 members (excludes halogenated alkanes) is 1. The molecule has 0 aliphatic carbocycles. The molecule has 0 unspecified atom stereocenters. The van der Waals surface area contributed by atoms with Gasteiger partial charge in [-0.15, -0.1) is 0 Å². The van der Waals surface area contributed by atoms with E-state index in [1.807, 2.05) is 29.1 Å². The SMILES string of the molecule is CCCCNC(=S)Nc1cccc(Cn2cccn2)c1. The Kier molecular flexibility index (Phi) is 5.55. The molecule has 20 heavy (non-hydrogen) atoms. The van der Waals surface area contributed by atoms with Crippen LogP contribution in [0.1, 0.15) is 25.3 Å². The Labute approximate surface area is 125 Å². The third-order valence-electron chi connectivity index (χ3n) is 2.90. The first kappa shape index (κ1) is 14.5. The molecule has 0 saturated heterocycles. The molecule has 0 saturated carbocycles. The van der Waals surface area contributed by atoms with Gasteiger partial charge in [0, 0.05) is 24.6 Å². The van der Waals surface area contributed by atoms with Crippen molar-refractivity contribution >= 4 is 23.0 Å². The molecule has 0 spiro atoms. The van der Waals surface area contributed by atoms with Gasteiger partial charge in [0.05, 0.1) is 6.54 Å². The fourth-order valence-electron chi connectivity index (χ4n) is 1.88. The smallest absolute Gasteiger partial charge is 0.170 e. The maximum Gasteiger partial charge on any atom is 0.170 e. The Balaban J connectivity index is 1.90. The van der Waals surface area contributed by atoms with Crippen LogP contribution in [0.5, 0.6) is 0 Å². The first-order valence-corrected chi connectivity index (χ1v) is 7.30. The van der Waals surface area contributed by atoms with Gasteiger partial charge in [0.2, 0.25) is 0 Å². The monoisotopic (exact) mass is 288 g/mol. The quantitative estimate of drug-likeness (QED) is 0.633. The molecular weight excluding hydrogens is 268 g/mol. The molecule has 2 N–H and O–H groups in total. The number of aromatic nitrogens is 2. The second kappa shape index (κ2) is 7.65. The highest BCUT2D eigenvalue weighted by Crippen LogP contribution is 2.11. The molecule has 0 amide bonds. The zero-order valence-electron chi connectivity index (χ0n) is 11.7. The molecule has 2 rings (SSSR count). The predicted molar refractivity (Wildman–Crippen MR) is 86.9 cm³/mol. The van der Waals surface area contributed by atoms with Crippen LogP contribution in [0, 0.1) is 0 Å². The zero-order valence-corrected chi connectivity index (χ0v) is 12.5. The van der Waals surface area contributed by atoms with Crippen molar-refractivity contribution < 1.29 is 0 Å². The van der Waals surface area contributed by atoms with Crippen LogP contribution in [0.3, 0.4) is 0 Å². The summed E-state index contributed by atoms with van der Waals surface area (Å²) in [6.07, 6.45) is 6.03. The fourth-order valence-corrected chi connectivity index (χ4v) is 2.10. The van der Waals surface area contributed by atoms with E-state index in [9.17, 15) is 0 Å². The van der Waals surface area contributed by atoms with Crippen molar-refractivity contribution in [3.8, 4) is 0 Å². The van der Waals surface area contributed by atoms with Crippen LogP contribution in [0.25, 0.3) is 0 Å². The van der Waals surface area contributed by atoms with Gasteiger partial charge in [-0.25, -0.2) is 0 Å². The summed E-state index contributed by atoms with van der Waals surface area (Å²) in [4.78, 5) is 0. The van der Waals surface area contributed by atoms with E-state index in [-0.39, 0.29) is 0 Å². The lowest BCUT2D eigenvalue weighted by Gasteiger charge is -2.11. The molecule has 106 valence electrons. The molecule has 5 heteroatoms. The Morgan fingerprint density at radius 1 is 1.35 bits per heavy atom. The van der Waals surface area contributed by atoms with Gasteiger partial charge in [-0.3, -0.25) is 4.68 Å². The summed E-state index contributed by atoms with van der Waals surface area (Å²) in [5.74, 6) is 0. The van der Waals surface area contributed by atoms with Crippen LogP contribution in [-0.4, -0.2) is 21.4 Å². The van der Waals surface area contributed by atoms with Gasteiger partial charge in [-0.2, -0.15) is 5.10 Å². The molecule has 0 atom stereocenters. The van der Waals surface area contributed by atoms with Crippen molar-refractivity contribution in [3.63, 3.8) is 0 Å². The van der Waals surface area contributed by atoms with Crippen molar-refractivity contribution in [1.29, 1.82) is 0 Å². The maximum atomic E-state index is 5.27. The molecule has 0 fully saturated rings. The standard InChI is InChI=1S/C15H20N4S/c1-2-3-8-16-15(20)18-14-7-4-6-13(11-14)12-19-10-5-9-17-19/h4-7,9-11H,2-3,8,12H2,1H3,(H2,16,18,20). The minimum absolute atomic E-state index is 0.676. The second-order valence-electron chi connectivity index (χ2n) is 4.64. The first-order chi connectivity index (χ1) is 9.78. The van der Waals surface area contributed by atoms with Gasteiger partial charge in [-0.1, -0.05) is 25.5 Å². The highest BCUT2D eigenvalue weighted by atomic mass is 32.1. The lowest BCUT2D eigenvalue weighted by atomic mass is 10.2. The molecule has 1 aromatic heterocycles. The number of nitrogens with one attached hydrogen (secondary N) is 2. The van der Waals surface area contributed by atoms with Crippen molar-refractivity contribution in [2.24, 2.45) is 0 Å². The van der Waals surface area contributed by atoms with E-state index in [0.717, 1.165) is 31.6 Å². The molecular formula is C15H20N4S. The lowest BCUT2D eigenvalue weighted by molar-refractivity contribution is 0.687. The number of nitrogens with zero attached hydrogens (tertiary/aromatic N) is 2. The minimum Gasteiger partial charge on any atom is -0.362 e. The normalized spacial score (nSPS) is 10.2. The Morgan fingerprint density at radius 3 is 3.00 bits per heavy atom. The predicted octanol–water partition coefficient (Wildman–Crippen LogP) is 3.02. The van der Waals surface area contributed by atoms with Gasteiger partial charge in [-0.05, 0) is 42.4 Å². The molecule has 0 radical (unpaired) electrons. The van der Waals surface area contributed by atoms with Crippen LogP contribution in [0.15, 0.2) is 42.7 Å². The van der Waals surface area contributed by atoms with Crippen LogP contribution < -0.4 is 10.6 Å². The number of anilines is 1. The van der Waals surface area contributed by atoms with E-state index < -0.39 is 0 Å². The summed E-state index contributed by atoms with van der Waals surface area (Å²) >= 11 is 5.27. The lowest BCUT2D eigenvalue weighted by Crippen LogP contribution is -2.29. The van der Waals surface area contributed by atoms with Crippen molar-refractivity contribution in [3.05, 3.63) is 48.3 Å². The number of thiocarbonyl (C=S) groups is 1. The van der Waals surface area contributed by atoms with Gasteiger partial charge < -0.3 is 10.6 Å². The highest BCUT2D eigenvalue weighted by Gasteiger charge is 2.00. The Hall–Kier alpha value is -1.88. The third-order valence-corrected chi connectivity index (χ3v) is 3.15. The topological polar surface area (TPSA) is 41.9 Å². The molecule has 1 heterocycles. The second-order valence-corrected chi connectivity index (χ2v) is 5.05. The van der Waals surface area contributed by atoms with E-state index >= 15 is 0 Å². The highest BCUT2D eigenvalue weighted by molar-refractivity contribution is 7.80. The van der Waals surface area contributed by atoms with Crippen molar-refractivity contribution in [2.75, 3.05) is 11.9 Å². The molecule has 0 bridgehead atoms. The van der Waals surface area contributed by atoms with Gasteiger partial charge in [0.25, 0.3) is 0 Å². The number of hydrogen-bond acceptors (Lipinski definition) is 2. The molecule has 1 aromatic carbocycles. The summed E-state index contributed by atoms with van der Waals surface area (Å²) < 4.78 is 1.90. The Morgan fingerprint density at radius 2 is 2.25 bits per heavy atom. The van der Waals surface area contributed by atoms with Gasteiger partial charge in [0.15, 0.2) is 5.11 Å². The Bertz CT molecular complexity index is 537. The van der Waals surface area contributed by atoms with Crippen LogP contribution in [0.2, 0.25) is 0 Å². The molecule has 4 nitrogen and oxygen atoms in total. The maximum absolute atomic E-state index is 5.27. The van der Waals surface area contributed by atoms with Crippen LogP contribution >= 0.6 is 12.2 Å². The van der Waals surface area contributed by atoms with E-state index in [1.54, 1.807) is 6.20 Å². The van der Waals surface area contributed by atoms with Crippen molar-refractivity contribution in [1.82, 2.24) is 15.1 Å². The fraction of sp³-hybridized carbons (Fsp3) is 0.333. The summed E-state index contributed by atoms with van der Waals surface area (Å²) in [6.45, 7) is 3.84.